The lowest BCUT2D eigenvalue weighted by Gasteiger charge is -2.03. The Morgan fingerprint density at radius 2 is 2.00 bits per heavy atom. The highest BCUT2D eigenvalue weighted by Crippen LogP contribution is 2.16. The molecule has 1 heterocycles. The van der Waals surface area contributed by atoms with Gasteiger partial charge in [-0.2, -0.15) is 5.10 Å². The molecule has 8 heteroatoms. The number of rotatable bonds is 2. The fourth-order valence-corrected chi connectivity index (χ4v) is 1.88. The minimum absolute atomic E-state index is 0. The highest BCUT2D eigenvalue weighted by atomic mass is 79.9. The first-order valence-corrected chi connectivity index (χ1v) is 6.24. The summed E-state index contributed by atoms with van der Waals surface area (Å²) in [4.78, 5) is 11.7. The Kier molecular flexibility index (Phi) is 5.29. The molecular formula is C12H13BrClN5O. The molecule has 1 aromatic carbocycles. The van der Waals surface area contributed by atoms with Gasteiger partial charge in [0.25, 0.3) is 5.91 Å². The first-order chi connectivity index (χ1) is 8.97. The van der Waals surface area contributed by atoms with E-state index in [2.05, 4.69) is 26.3 Å². The zero-order chi connectivity index (χ0) is 14.0. The van der Waals surface area contributed by atoms with Gasteiger partial charge in [0.05, 0.1) is 5.69 Å². The fourth-order valence-electron chi connectivity index (χ4n) is 1.62. The summed E-state index contributed by atoms with van der Waals surface area (Å²) in [5.74, 6) is -0.896. The van der Waals surface area contributed by atoms with E-state index in [1.807, 2.05) is 31.2 Å². The van der Waals surface area contributed by atoms with Crippen LogP contribution in [0.15, 0.2) is 34.8 Å². The molecule has 0 atom stereocenters. The number of nitrogens with two attached hydrogens (primary N) is 1. The molecule has 0 fully saturated rings. The van der Waals surface area contributed by atoms with Crippen molar-refractivity contribution in [3.8, 4) is 5.69 Å². The van der Waals surface area contributed by atoms with Crippen LogP contribution in [0.3, 0.4) is 0 Å². The van der Waals surface area contributed by atoms with Gasteiger partial charge in [-0.15, -0.1) is 12.4 Å². The minimum atomic E-state index is -0.494. The lowest BCUT2D eigenvalue weighted by molar-refractivity contribution is 0.0971. The standard InChI is InChI=1S/C12H12BrN5O.ClH/c1-7-6-10(11(19)16-12(14)15)17-18(7)9-4-2-8(13)3-5-9;/h2-6H,1H3,(H4,14,15,16,19);1H. The summed E-state index contributed by atoms with van der Waals surface area (Å²) < 4.78 is 2.62. The third-order valence-corrected chi connectivity index (χ3v) is 2.97. The van der Waals surface area contributed by atoms with Crippen molar-refractivity contribution in [2.45, 2.75) is 6.92 Å². The number of nitrogens with one attached hydrogen (secondary N) is 2. The first-order valence-electron chi connectivity index (χ1n) is 5.45. The topological polar surface area (TPSA) is 96.8 Å². The van der Waals surface area contributed by atoms with Crippen molar-refractivity contribution in [1.82, 2.24) is 15.1 Å². The number of aryl methyl sites for hydroxylation is 1. The maximum absolute atomic E-state index is 11.7. The van der Waals surface area contributed by atoms with Crippen molar-refractivity contribution < 1.29 is 4.79 Å². The summed E-state index contributed by atoms with van der Waals surface area (Å²) in [6, 6.07) is 9.20. The van der Waals surface area contributed by atoms with Gasteiger partial charge in [0.2, 0.25) is 0 Å². The number of guanidine groups is 1. The number of amides is 1. The quantitative estimate of drug-likeness (QED) is 0.566. The van der Waals surface area contributed by atoms with Crippen molar-refractivity contribution in [3.63, 3.8) is 0 Å². The van der Waals surface area contributed by atoms with E-state index < -0.39 is 11.9 Å². The molecule has 0 aliphatic carbocycles. The second kappa shape index (κ2) is 6.53. The van der Waals surface area contributed by atoms with Crippen LogP contribution in [0.25, 0.3) is 5.69 Å². The van der Waals surface area contributed by atoms with Gasteiger partial charge < -0.3 is 5.73 Å². The summed E-state index contributed by atoms with van der Waals surface area (Å²) >= 11 is 3.36. The number of carbonyl (C=O) groups is 1. The van der Waals surface area contributed by atoms with E-state index >= 15 is 0 Å². The molecule has 0 saturated heterocycles. The summed E-state index contributed by atoms with van der Waals surface area (Å²) in [6.45, 7) is 1.85. The molecule has 2 rings (SSSR count). The molecule has 1 aromatic heterocycles. The molecule has 2 aromatic rings. The fraction of sp³-hybridized carbons (Fsp3) is 0.0833. The molecule has 0 unspecified atom stereocenters. The maximum Gasteiger partial charge on any atom is 0.278 e. The molecule has 106 valence electrons. The van der Waals surface area contributed by atoms with Crippen molar-refractivity contribution in [3.05, 3.63) is 46.2 Å². The monoisotopic (exact) mass is 357 g/mol. The number of carbonyl (C=O) groups excluding carboxylic acids is 1. The van der Waals surface area contributed by atoms with Crippen LogP contribution in [-0.4, -0.2) is 21.6 Å². The van der Waals surface area contributed by atoms with Gasteiger partial charge in [-0.05, 0) is 37.3 Å². The van der Waals surface area contributed by atoms with Crippen LogP contribution in [0.2, 0.25) is 0 Å². The van der Waals surface area contributed by atoms with E-state index in [-0.39, 0.29) is 18.1 Å². The molecule has 0 saturated carbocycles. The predicted octanol–water partition coefficient (Wildman–Crippen LogP) is 1.99. The van der Waals surface area contributed by atoms with Crippen LogP contribution in [-0.2, 0) is 0 Å². The molecule has 4 N–H and O–H groups in total. The van der Waals surface area contributed by atoms with Gasteiger partial charge in [0.15, 0.2) is 11.7 Å². The third-order valence-electron chi connectivity index (χ3n) is 2.44. The van der Waals surface area contributed by atoms with E-state index in [0.717, 1.165) is 15.9 Å². The van der Waals surface area contributed by atoms with Gasteiger partial charge in [0, 0.05) is 10.2 Å². The van der Waals surface area contributed by atoms with Crippen molar-refractivity contribution in [2.24, 2.45) is 5.73 Å². The Bertz CT molecular complexity index is 638. The smallest absolute Gasteiger partial charge is 0.278 e. The Balaban J connectivity index is 0.00000200. The molecule has 0 radical (unpaired) electrons. The number of nitrogens with zero attached hydrogens (tertiary/aromatic N) is 2. The number of benzene rings is 1. The SMILES string of the molecule is Cc1cc(C(=O)NC(=N)N)nn1-c1ccc(Br)cc1.Cl. The van der Waals surface area contributed by atoms with Crippen LogP contribution >= 0.6 is 28.3 Å². The summed E-state index contributed by atoms with van der Waals surface area (Å²) in [6.07, 6.45) is 0. The van der Waals surface area contributed by atoms with E-state index in [9.17, 15) is 4.79 Å². The summed E-state index contributed by atoms with van der Waals surface area (Å²) in [5.41, 5.74) is 7.00. The predicted molar refractivity (Wildman–Crippen MR) is 82.6 cm³/mol. The second-order valence-corrected chi connectivity index (χ2v) is 4.84. The highest BCUT2D eigenvalue weighted by Gasteiger charge is 2.13. The second-order valence-electron chi connectivity index (χ2n) is 3.93. The third kappa shape index (κ3) is 3.58. The zero-order valence-corrected chi connectivity index (χ0v) is 13.0. The van der Waals surface area contributed by atoms with Gasteiger partial charge in [-0.1, -0.05) is 15.9 Å². The molecular weight excluding hydrogens is 346 g/mol. The van der Waals surface area contributed by atoms with E-state index in [1.54, 1.807) is 10.7 Å². The Morgan fingerprint density at radius 3 is 2.55 bits per heavy atom. The molecule has 0 spiro atoms. The largest absolute Gasteiger partial charge is 0.370 e. The van der Waals surface area contributed by atoms with Crippen LogP contribution < -0.4 is 11.1 Å². The molecule has 0 aliphatic rings. The highest BCUT2D eigenvalue weighted by molar-refractivity contribution is 9.10. The summed E-state index contributed by atoms with van der Waals surface area (Å²) in [5, 5.41) is 13.4. The van der Waals surface area contributed by atoms with E-state index in [4.69, 9.17) is 11.1 Å². The van der Waals surface area contributed by atoms with Crippen LogP contribution in [0.1, 0.15) is 16.2 Å². The molecule has 6 nitrogen and oxygen atoms in total. The van der Waals surface area contributed by atoms with Crippen molar-refractivity contribution in [1.29, 1.82) is 5.41 Å². The van der Waals surface area contributed by atoms with Gasteiger partial charge in [0.1, 0.15) is 0 Å². The molecule has 20 heavy (non-hydrogen) atoms. The summed E-state index contributed by atoms with van der Waals surface area (Å²) in [7, 11) is 0. The normalized spacial score (nSPS) is 9.70. The molecule has 0 aliphatic heterocycles. The van der Waals surface area contributed by atoms with E-state index in [1.165, 1.54) is 0 Å². The number of aromatic nitrogens is 2. The van der Waals surface area contributed by atoms with Gasteiger partial charge in [-0.3, -0.25) is 15.5 Å². The average Bonchev–Trinajstić information content (AvgIpc) is 2.72. The van der Waals surface area contributed by atoms with E-state index in [0.29, 0.717) is 0 Å². The number of hydrogen-bond acceptors (Lipinski definition) is 3. The average molecular weight is 359 g/mol. The lowest BCUT2D eigenvalue weighted by Crippen LogP contribution is -2.35. The maximum atomic E-state index is 11.7. The minimum Gasteiger partial charge on any atom is -0.370 e. The van der Waals surface area contributed by atoms with Gasteiger partial charge >= 0.3 is 0 Å². The van der Waals surface area contributed by atoms with Crippen LogP contribution in [0.5, 0.6) is 0 Å². The van der Waals surface area contributed by atoms with Crippen molar-refractivity contribution >= 4 is 40.2 Å². The number of halogens is 2. The first kappa shape index (κ1) is 16.2. The molecule has 1 amide bonds. The zero-order valence-electron chi connectivity index (χ0n) is 10.6. The molecule has 0 bridgehead atoms. The Hall–Kier alpha value is -1.86. The Morgan fingerprint density at radius 1 is 1.40 bits per heavy atom. The number of hydrogen-bond donors (Lipinski definition) is 3. The van der Waals surface area contributed by atoms with Gasteiger partial charge in [-0.25, -0.2) is 4.68 Å². The van der Waals surface area contributed by atoms with Crippen LogP contribution in [0.4, 0.5) is 0 Å². The lowest BCUT2D eigenvalue weighted by atomic mass is 10.3. The van der Waals surface area contributed by atoms with Crippen molar-refractivity contribution in [2.75, 3.05) is 0 Å². The van der Waals surface area contributed by atoms with Crippen LogP contribution in [0, 0.1) is 12.3 Å². The Labute approximate surface area is 130 Å².